The lowest BCUT2D eigenvalue weighted by Crippen LogP contribution is -2.24. The van der Waals surface area contributed by atoms with Crippen LogP contribution in [0.25, 0.3) is 11.3 Å². The number of benzene rings is 1. The van der Waals surface area contributed by atoms with Gasteiger partial charge in [0.1, 0.15) is 11.6 Å². The number of aromatic nitrogens is 1. The van der Waals surface area contributed by atoms with E-state index in [1.54, 1.807) is 6.07 Å². The molecular formula is C16H13N3O. The van der Waals surface area contributed by atoms with Crippen LogP contribution >= 0.6 is 0 Å². The van der Waals surface area contributed by atoms with Gasteiger partial charge in [-0.1, -0.05) is 29.8 Å². The number of nitriles is 2. The van der Waals surface area contributed by atoms with Crippen molar-refractivity contribution in [3.63, 3.8) is 0 Å². The zero-order chi connectivity index (χ0) is 14.5. The molecule has 0 N–H and O–H groups in total. The monoisotopic (exact) mass is 263 g/mol. The lowest BCUT2D eigenvalue weighted by molar-refractivity contribution is 0.692. The van der Waals surface area contributed by atoms with E-state index in [9.17, 15) is 4.79 Å². The molecule has 0 aliphatic rings. The first-order chi connectivity index (χ1) is 9.67. The molecule has 4 nitrogen and oxygen atoms in total. The molecule has 1 aromatic carbocycles. The minimum atomic E-state index is -0.346. The molecule has 0 radical (unpaired) electrons. The van der Waals surface area contributed by atoms with Gasteiger partial charge in [0, 0.05) is 6.54 Å². The summed E-state index contributed by atoms with van der Waals surface area (Å²) in [6.07, 6.45) is 0.230. The van der Waals surface area contributed by atoms with Crippen LogP contribution in [0.15, 0.2) is 41.2 Å². The topological polar surface area (TPSA) is 69.6 Å². The van der Waals surface area contributed by atoms with E-state index in [-0.39, 0.29) is 24.1 Å². The van der Waals surface area contributed by atoms with E-state index < -0.39 is 0 Å². The van der Waals surface area contributed by atoms with Gasteiger partial charge in [-0.25, -0.2) is 0 Å². The van der Waals surface area contributed by atoms with Gasteiger partial charge in [-0.15, -0.1) is 0 Å². The Morgan fingerprint density at radius 1 is 1.10 bits per heavy atom. The Hall–Kier alpha value is -2.85. The van der Waals surface area contributed by atoms with Crippen LogP contribution in [0.3, 0.4) is 0 Å². The van der Waals surface area contributed by atoms with Gasteiger partial charge in [-0.2, -0.15) is 10.5 Å². The van der Waals surface area contributed by atoms with Crippen LogP contribution in [0.2, 0.25) is 0 Å². The summed E-state index contributed by atoms with van der Waals surface area (Å²) in [5.41, 5.74) is 2.51. The molecule has 2 rings (SSSR count). The van der Waals surface area contributed by atoms with Crippen LogP contribution in [-0.2, 0) is 6.54 Å². The van der Waals surface area contributed by atoms with E-state index in [2.05, 4.69) is 0 Å². The number of pyridine rings is 1. The van der Waals surface area contributed by atoms with E-state index in [4.69, 9.17) is 10.5 Å². The Bertz CT molecular complexity index is 758. The molecule has 0 spiro atoms. The Morgan fingerprint density at radius 3 is 2.40 bits per heavy atom. The molecule has 20 heavy (non-hydrogen) atoms. The molecule has 98 valence electrons. The van der Waals surface area contributed by atoms with Crippen molar-refractivity contribution in [2.45, 2.75) is 19.9 Å². The van der Waals surface area contributed by atoms with Crippen LogP contribution in [0.5, 0.6) is 0 Å². The second-order valence-corrected chi connectivity index (χ2v) is 4.47. The summed E-state index contributed by atoms with van der Waals surface area (Å²) in [6.45, 7) is 2.28. The largest absolute Gasteiger partial charge is 0.306 e. The molecule has 2 aromatic rings. The molecule has 0 bridgehead atoms. The normalized spacial score (nSPS) is 9.75. The SMILES string of the molecule is Cc1ccc(-c2ccc(C#N)c(=O)n2CCC#N)cc1. The van der Waals surface area contributed by atoms with Crippen molar-refractivity contribution in [1.29, 1.82) is 10.5 Å². The first kappa shape index (κ1) is 13.6. The Kier molecular flexibility index (Phi) is 3.98. The predicted molar refractivity (Wildman–Crippen MR) is 75.8 cm³/mol. The highest BCUT2D eigenvalue weighted by Crippen LogP contribution is 2.19. The maximum Gasteiger partial charge on any atom is 0.268 e. The van der Waals surface area contributed by atoms with Crippen molar-refractivity contribution in [2.75, 3.05) is 0 Å². The fourth-order valence-electron chi connectivity index (χ4n) is 2.02. The maximum atomic E-state index is 12.2. The van der Waals surface area contributed by atoms with Crippen LogP contribution in [-0.4, -0.2) is 4.57 Å². The highest BCUT2D eigenvalue weighted by molar-refractivity contribution is 5.60. The van der Waals surface area contributed by atoms with E-state index >= 15 is 0 Å². The number of hydrogen-bond donors (Lipinski definition) is 0. The van der Waals surface area contributed by atoms with E-state index in [0.717, 1.165) is 16.8 Å². The summed E-state index contributed by atoms with van der Waals surface area (Å²) < 4.78 is 1.49. The zero-order valence-corrected chi connectivity index (χ0v) is 11.1. The molecule has 1 aromatic heterocycles. The molecule has 0 saturated heterocycles. The Labute approximate surface area is 117 Å². The second-order valence-electron chi connectivity index (χ2n) is 4.47. The van der Waals surface area contributed by atoms with Gasteiger partial charge in [0.25, 0.3) is 5.56 Å². The summed E-state index contributed by atoms with van der Waals surface area (Å²) >= 11 is 0. The zero-order valence-electron chi connectivity index (χ0n) is 11.1. The smallest absolute Gasteiger partial charge is 0.268 e. The fourth-order valence-corrected chi connectivity index (χ4v) is 2.02. The summed E-state index contributed by atoms with van der Waals surface area (Å²) in [4.78, 5) is 12.2. The third kappa shape index (κ3) is 2.60. The van der Waals surface area contributed by atoms with Gasteiger partial charge in [0.05, 0.1) is 18.2 Å². The summed E-state index contributed by atoms with van der Waals surface area (Å²) in [7, 11) is 0. The maximum absolute atomic E-state index is 12.2. The van der Waals surface area contributed by atoms with Crippen molar-refractivity contribution >= 4 is 0 Å². The molecular weight excluding hydrogens is 250 g/mol. The molecule has 0 fully saturated rings. The standard InChI is InChI=1S/C16H13N3O/c1-12-3-5-13(6-4-12)15-8-7-14(11-18)16(20)19(15)10-2-9-17/h3-8H,2,10H2,1H3. The van der Waals surface area contributed by atoms with Gasteiger partial charge in [0.15, 0.2) is 0 Å². The summed E-state index contributed by atoms with van der Waals surface area (Å²) in [5, 5.41) is 17.7. The quantitative estimate of drug-likeness (QED) is 0.854. The Morgan fingerprint density at radius 2 is 1.80 bits per heavy atom. The number of nitrogens with zero attached hydrogens (tertiary/aromatic N) is 3. The van der Waals surface area contributed by atoms with Gasteiger partial charge >= 0.3 is 0 Å². The molecule has 0 atom stereocenters. The average Bonchev–Trinajstić information content (AvgIpc) is 2.47. The second kappa shape index (κ2) is 5.86. The van der Waals surface area contributed by atoms with E-state index in [0.29, 0.717) is 0 Å². The van der Waals surface area contributed by atoms with Crippen molar-refractivity contribution in [1.82, 2.24) is 4.57 Å². The molecule has 0 unspecified atom stereocenters. The molecule has 0 saturated carbocycles. The van der Waals surface area contributed by atoms with E-state index in [1.165, 1.54) is 10.6 Å². The Balaban J connectivity index is 2.61. The van der Waals surface area contributed by atoms with Gasteiger partial charge in [-0.05, 0) is 24.6 Å². The van der Waals surface area contributed by atoms with Gasteiger partial charge in [0.2, 0.25) is 0 Å². The predicted octanol–water partition coefficient (Wildman–Crippen LogP) is 2.61. The van der Waals surface area contributed by atoms with Crippen molar-refractivity contribution in [2.24, 2.45) is 0 Å². The molecule has 4 heteroatoms. The number of rotatable bonds is 3. The third-order valence-corrected chi connectivity index (χ3v) is 3.09. The highest BCUT2D eigenvalue weighted by atomic mass is 16.1. The van der Waals surface area contributed by atoms with Crippen LogP contribution in [0, 0.1) is 29.6 Å². The summed E-state index contributed by atoms with van der Waals surface area (Å²) in [6, 6.07) is 15.0. The number of hydrogen-bond acceptors (Lipinski definition) is 3. The van der Waals surface area contributed by atoms with E-state index in [1.807, 2.05) is 43.3 Å². The summed E-state index contributed by atoms with van der Waals surface area (Å²) in [5.74, 6) is 0. The average molecular weight is 263 g/mol. The van der Waals surface area contributed by atoms with Crippen molar-refractivity contribution < 1.29 is 0 Å². The lowest BCUT2D eigenvalue weighted by Gasteiger charge is -2.12. The number of aryl methyl sites for hydroxylation is 1. The van der Waals surface area contributed by atoms with Crippen LogP contribution in [0.4, 0.5) is 0 Å². The first-order valence-corrected chi connectivity index (χ1v) is 6.25. The molecule has 0 amide bonds. The lowest BCUT2D eigenvalue weighted by atomic mass is 10.1. The molecule has 0 aliphatic carbocycles. The van der Waals surface area contributed by atoms with Crippen molar-refractivity contribution in [3.05, 3.63) is 57.9 Å². The third-order valence-electron chi connectivity index (χ3n) is 3.09. The van der Waals surface area contributed by atoms with Crippen LogP contribution in [0.1, 0.15) is 17.5 Å². The highest BCUT2D eigenvalue weighted by Gasteiger charge is 2.10. The first-order valence-electron chi connectivity index (χ1n) is 6.25. The molecule has 0 aliphatic heterocycles. The van der Waals surface area contributed by atoms with Gasteiger partial charge in [-0.3, -0.25) is 4.79 Å². The van der Waals surface area contributed by atoms with Gasteiger partial charge < -0.3 is 4.57 Å². The minimum absolute atomic E-state index is 0.0961. The van der Waals surface area contributed by atoms with Crippen molar-refractivity contribution in [3.8, 4) is 23.4 Å². The fraction of sp³-hybridized carbons (Fsp3) is 0.188. The molecule has 1 heterocycles. The minimum Gasteiger partial charge on any atom is -0.306 e. The van der Waals surface area contributed by atoms with Crippen LogP contribution < -0.4 is 5.56 Å².